The van der Waals surface area contributed by atoms with Crippen molar-refractivity contribution in [1.29, 1.82) is 0 Å². The molecule has 0 saturated heterocycles. The number of terminal acetylenes is 1. The Labute approximate surface area is 81.3 Å². The highest BCUT2D eigenvalue weighted by molar-refractivity contribution is 5.15. The van der Waals surface area contributed by atoms with E-state index < -0.39 is 0 Å². The molecule has 0 amide bonds. The molecule has 0 aliphatic heterocycles. The molecule has 0 bridgehead atoms. The van der Waals surface area contributed by atoms with E-state index >= 15 is 0 Å². The van der Waals surface area contributed by atoms with Crippen LogP contribution in [0.25, 0.3) is 0 Å². The third-order valence-corrected chi connectivity index (χ3v) is 3.14. The van der Waals surface area contributed by atoms with E-state index in [1.807, 2.05) is 0 Å². The second-order valence-corrected chi connectivity index (χ2v) is 4.42. The first kappa shape index (κ1) is 10.6. The molecule has 1 aliphatic rings. The SMILES string of the molecule is C#CC(C)(C)N(C)C1(COC)CC1. The lowest BCUT2D eigenvalue weighted by molar-refractivity contribution is 0.0523. The van der Waals surface area contributed by atoms with Crippen LogP contribution < -0.4 is 0 Å². The highest BCUT2D eigenvalue weighted by Crippen LogP contribution is 2.44. The molecule has 1 fully saturated rings. The van der Waals surface area contributed by atoms with Gasteiger partial charge in [0.25, 0.3) is 0 Å². The third kappa shape index (κ3) is 1.87. The number of hydrogen-bond donors (Lipinski definition) is 0. The van der Waals surface area contributed by atoms with Gasteiger partial charge in [-0.15, -0.1) is 6.42 Å². The van der Waals surface area contributed by atoms with Crippen LogP contribution in [0.4, 0.5) is 0 Å². The van der Waals surface area contributed by atoms with Gasteiger partial charge >= 0.3 is 0 Å². The summed E-state index contributed by atoms with van der Waals surface area (Å²) in [5.74, 6) is 2.82. The molecule has 1 aliphatic carbocycles. The fourth-order valence-electron chi connectivity index (χ4n) is 1.68. The molecular weight excluding hydrogens is 162 g/mol. The first-order valence-corrected chi connectivity index (χ1v) is 4.69. The summed E-state index contributed by atoms with van der Waals surface area (Å²) in [7, 11) is 3.84. The molecule has 0 aromatic rings. The van der Waals surface area contributed by atoms with Crippen molar-refractivity contribution in [3.63, 3.8) is 0 Å². The van der Waals surface area contributed by atoms with Crippen LogP contribution in [0.15, 0.2) is 0 Å². The van der Waals surface area contributed by atoms with Crippen LogP contribution in [0.2, 0.25) is 0 Å². The highest BCUT2D eigenvalue weighted by atomic mass is 16.5. The Morgan fingerprint density at radius 2 is 2.08 bits per heavy atom. The summed E-state index contributed by atoms with van der Waals surface area (Å²) in [6, 6.07) is 0. The van der Waals surface area contributed by atoms with Crippen molar-refractivity contribution >= 4 is 0 Å². The van der Waals surface area contributed by atoms with Crippen LogP contribution in [0.3, 0.4) is 0 Å². The number of nitrogens with zero attached hydrogens (tertiary/aromatic N) is 1. The molecule has 0 atom stereocenters. The average molecular weight is 181 g/mol. The maximum atomic E-state index is 5.50. The third-order valence-electron chi connectivity index (χ3n) is 3.14. The van der Waals surface area contributed by atoms with Crippen LogP contribution in [-0.2, 0) is 4.74 Å². The molecule has 74 valence electrons. The quantitative estimate of drug-likeness (QED) is 0.610. The Bertz CT molecular complexity index is 223. The molecule has 2 nitrogen and oxygen atoms in total. The van der Waals surface area contributed by atoms with Crippen molar-refractivity contribution in [3.8, 4) is 12.3 Å². The van der Waals surface area contributed by atoms with Gasteiger partial charge in [-0.2, -0.15) is 0 Å². The highest BCUT2D eigenvalue weighted by Gasteiger charge is 2.50. The lowest BCUT2D eigenvalue weighted by Crippen LogP contribution is -2.50. The first-order valence-electron chi connectivity index (χ1n) is 4.69. The summed E-state index contributed by atoms with van der Waals surface area (Å²) in [4.78, 5) is 2.27. The summed E-state index contributed by atoms with van der Waals surface area (Å²) in [6.45, 7) is 4.93. The van der Waals surface area contributed by atoms with Crippen LogP contribution in [0.1, 0.15) is 26.7 Å². The predicted octanol–water partition coefficient (Wildman–Crippen LogP) is 1.51. The lowest BCUT2D eigenvalue weighted by Gasteiger charge is -2.37. The second kappa shape index (κ2) is 3.32. The monoisotopic (exact) mass is 181 g/mol. The van der Waals surface area contributed by atoms with Gasteiger partial charge in [0, 0.05) is 12.6 Å². The van der Waals surface area contributed by atoms with Gasteiger partial charge in [0.15, 0.2) is 0 Å². The zero-order valence-electron chi connectivity index (χ0n) is 9.05. The number of hydrogen-bond acceptors (Lipinski definition) is 2. The molecule has 0 unspecified atom stereocenters. The maximum Gasteiger partial charge on any atom is 0.0768 e. The summed E-state index contributed by atoms with van der Waals surface area (Å²) in [5, 5.41) is 0. The molecular formula is C11H19NO. The Morgan fingerprint density at radius 1 is 1.54 bits per heavy atom. The Morgan fingerprint density at radius 3 is 2.38 bits per heavy atom. The summed E-state index contributed by atoms with van der Waals surface area (Å²) < 4.78 is 5.22. The van der Waals surface area contributed by atoms with E-state index in [0.717, 1.165) is 6.61 Å². The van der Waals surface area contributed by atoms with Crippen molar-refractivity contribution in [3.05, 3.63) is 0 Å². The van der Waals surface area contributed by atoms with E-state index in [9.17, 15) is 0 Å². The molecule has 0 aromatic carbocycles. The van der Waals surface area contributed by atoms with Crippen LogP contribution in [0.5, 0.6) is 0 Å². The van der Waals surface area contributed by atoms with Gasteiger partial charge in [-0.05, 0) is 33.7 Å². The number of likely N-dealkylation sites (N-methyl/N-ethyl adjacent to an activating group) is 1. The van der Waals surface area contributed by atoms with Gasteiger partial charge in [-0.3, -0.25) is 4.90 Å². The fourth-order valence-corrected chi connectivity index (χ4v) is 1.68. The van der Waals surface area contributed by atoms with Gasteiger partial charge in [-0.25, -0.2) is 0 Å². The molecule has 0 radical (unpaired) electrons. The van der Waals surface area contributed by atoms with E-state index in [1.54, 1.807) is 7.11 Å². The van der Waals surface area contributed by atoms with Crippen molar-refractivity contribution < 1.29 is 4.74 Å². The van der Waals surface area contributed by atoms with Gasteiger partial charge in [0.05, 0.1) is 12.1 Å². The lowest BCUT2D eigenvalue weighted by atomic mass is 10.0. The van der Waals surface area contributed by atoms with Crippen molar-refractivity contribution in [2.24, 2.45) is 0 Å². The van der Waals surface area contributed by atoms with E-state index in [2.05, 4.69) is 31.7 Å². The van der Waals surface area contributed by atoms with Crippen molar-refractivity contribution in [1.82, 2.24) is 4.90 Å². The van der Waals surface area contributed by atoms with E-state index in [0.29, 0.717) is 0 Å². The molecule has 1 saturated carbocycles. The number of ether oxygens (including phenoxy) is 1. The standard InChI is InChI=1S/C11H19NO/c1-6-10(2,3)12(4)11(7-8-11)9-13-5/h1H,7-9H2,2-5H3. The van der Waals surface area contributed by atoms with Gasteiger partial charge in [-0.1, -0.05) is 5.92 Å². The Balaban J connectivity index is 2.68. The summed E-state index contributed by atoms with van der Waals surface area (Å²) in [6.07, 6.45) is 7.89. The molecule has 0 N–H and O–H groups in total. The number of methoxy groups -OCH3 is 1. The average Bonchev–Trinajstić information content (AvgIpc) is 2.85. The summed E-state index contributed by atoms with van der Waals surface area (Å²) in [5.41, 5.74) is 0.0413. The smallest absolute Gasteiger partial charge is 0.0768 e. The second-order valence-electron chi connectivity index (χ2n) is 4.42. The van der Waals surface area contributed by atoms with Crippen LogP contribution in [0, 0.1) is 12.3 Å². The van der Waals surface area contributed by atoms with Crippen molar-refractivity contribution in [2.75, 3.05) is 20.8 Å². The molecule has 0 heterocycles. The zero-order chi connectivity index (χ0) is 10.1. The minimum Gasteiger partial charge on any atom is -0.383 e. The topological polar surface area (TPSA) is 12.5 Å². The first-order chi connectivity index (χ1) is 5.98. The molecule has 0 aromatic heterocycles. The zero-order valence-corrected chi connectivity index (χ0v) is 9.05. The normalized spacial score (nSPS) is 20.0. The molecule has 1 rings (SSSR count). The van der Waals surface area contributed by atoms with E-state index in [1.165, 1.54) is 12.8 Å². The van der Waals surface area contributed by atoms with Gasteiger partial charge in [0.2, 0.25) is 0 Å². The maximum absolute atomic E-state index is 5.50. The molecule has 13 heavy (non-hydrogen) atoms. The van der Waals surface area contributed by atoms with E-state index in [-0.39, 0.29) is 11.1 Å². The van der Waals surface area contributed by atoms with Crippen LogP contribution in [-0.4, -0.2) is 36.7 Å². The minimum atomic E-state index is -0.172. The minimum absolute atomic E-state index is 0.172. The van der Waals surface area contributed by atoms with E-state index in [4.69, 9.17) is 11.2 Å². The fraction of sp³-hybridized carbons (Fsp3) is 0.818. The van der Waals surface area contributed by atoms with Crippen LogP contribution >= 0.6 is 0 Å². The van der Waals surface area contributed by atoms with Crippen molar-refractivity contribution in [2.45, 2.75) is 37.8 Å². The van der Waals surface area contributed by atoms with Gasteiger partial charge in [0.1, 0.15) is 0 Å². The Hall–Kier alpha value is -0.520. The molecule has 0 spiro atoms. The number of rotatable bonds is 4. The predicted molar refractivity (Wildman–Crippen MR) is 54.5 cm³/mol. The molecule has 2 heteroatoms. The Kier molecular flexibility index (Phi) is 2.70. The van der Waals surface area contributed by atoms with Gasteiger partial charge < -0.3 is 4.74 Å². The summed E-state index contributed by atoms with van der Waals surface area (Å²) >= 11 is 0. The largest absolute Gasteiger partial charge is 0.383 e.